The molecule has 1 aromatic heterocycles. The molecule has 0 saturated heterocycles. The molecule has 0 aliphatic rings. The quantitative estimate of drug-likeness (QED) is 0.509. The van der Waals surface area contributed by atoms with Crippen LogP contribution in [0.15, 0.2) is 52.9 Å². The Morgan fingerprint density at radius 3 is 2.20 bits per heavy atom. The van der Waals surface area contributed by atoms with E-state index in [0.29, 0.717) is 0 Å². The third-order valence-corrected chi connectivity index (χ3v) is 4.24. The molecule has 0 amide bonds. The molecule has 0 aliphatic heterocycles. The van der Waals surface area contributed by atoms with Crippen molar-refractivity contribution in [3.8, 4) is 22.6 Å². The molecule has 3 rings (SSSR count). The summed E-state index contributed by atoms with van der Waals surface area (Å²) >= 11 is 0. The average molecular weight is 335 g/mol. The largest absolute Gasteiger partial charge is 0.441 e. The van der Waals surface area contributed by atoms with Crippen molar-refractivity contribution >= 4 is 0 Å². The molecule has 0 saturated carbocycles. The number of rotatable bonds is 5. The van der Waals surface area contributed by atoms with E-state index in [1.54, 1.807) is 0 Å². The van der Waals surface area contributed by atoms with E-state index < -0.39 is 0 Å². The molecule has 3 aromatic rings. The zero-order chi connectivity index (χ0) is 18.2. The van der Waals surface area contributed by atoms with Crippen molar-refractivity contribution in [3.63, 3.8) is 0 Å². The Balaban J connectivity index is 0.00000109. The molecule has 0 bridgehead atoms. The van der Waals surface area contributed by atoms with Crippen molar-refractivity contribution in [2.75, 3.05) is 0 Å². The summed E-state index contributed by atoms with van der Waals surface area (Å²) in [6.45, 7) is 10.4. The first kappa shape index (κ1) is 19.0. The second kappa shape index (κ2) is 9.22. The van der Waals surface area contributed by atoms with Crippen molar-refractivity contribution in [1.29, 1.82) is 0 Å². The Morgan fingerprint density at radius 2 is 1.56 bits per heavy atom. The first-order chi connectivity index (χ1) is 12.2. The van der Waals surface area contributed by atoms with Crippen LogP contribution in [0.1, 0.15) is 51.1 Å². The Kier molecular flexibility index (Phi) is 7.00. The van der Waals surface area contributed by atoms with Gasteiger partial charge in [0.1, 0.15) is 5.76 Å². The molecule has 2 nitrogen and oxygen atoms in total. The normalized spacial score (nSPS) is 10.3. The number of benzene rings is 2. The molecular formula is C23H29NO. The molecule has 2 heteroatoms. The van der Waals surface area contributed by atoms with Gasteiger partial charge >= 0.3 is 0 Å². The lowest BCUT2D eigenvalue weighted by Gasteiger charge is -2.09. The maximum atomic E-state index is 6.09. The molecular weight excluding hydrogens is 306 g/mol. The number of hydrogen-bond acceptors (Lipinski definition) is 2. The van der Waals surface area contributed by atoms with Gasteiger partial charge in [0.2, 0.25) is 5.89 Å². The lowest BCUT2D eigenvalue weighted by atomic mass is 9.96. The minimum Gasteiger partial charge on any atom is -0.441 e. The van der Waals surface area contributed by atoms with Gasteiger partial charge in [-0.3, -0.25) is 0 Å². The number of oxazole rings is 1. The smallest absolute Gasteiger partial charge is 0.226 e. The summed E-state index contributed by atoms with van der Waals surface area (Å²) < 4.78 is 6.09. The monoisotopic (exact) mass is 335 g/mol. The van der Waals surface area contributed by atoms with Crippen molar-refractivity contribution in [2.24, 2.45) is 0 Å². The maximum Gasteiger partial charge on any atom is 0.226 e. The molecule has 0 atom stereocenters. The minimum absolute atomic E-state index is 0.751. The Labute approximate surface area is 151 Å². The summed E-state index contributed by atoms with van der Waals surface area (Å²) in [5.74, 6) is 1.79. The van der Waals surface area contributed by atoms with Gasteiger partial charge < -0.3 is 4.42 Å². The fourth-order valence-corrected chi connectivity index (χ4v) is 2.99. The molecule has 0 N–H and O–H groups in total. The van der Waals surface area contributed by atoms with Gasteiger partial charge in [0, 0.05) is 12.0 Å². The van der Waals surface area contributed by atoms with Crippen molar-refractivity contribution in [3.05, 3.63) is 65.5 Å². The molecule has 1 heterocycles. The summed E-state index contributed by atoms with van der Waals surface area (Å²) in [6, 6.07) is 16.8. The predicted octanol–water partition coefficient (Wildman–Crippen LogP) is 6.86. The number of aromatic nitrogens is 1. The van der Waals surface area contributed by atoms with Gasteiger partial charge in [-0.15, -0.1) is 0 Å². The van der Waals surface area contributed by atoms with Crippen LogP contribution in [0.4, 0.5) is 0 Å². The van der Waals surface area contributed by atoms with Gasteiger partial charge in [-0.25, -0.2) is 4.98 Å². The van der Waals surface area contributed by atoms with Crippen molar-refractivity contribution in [1.82, 2.24) is 4.98 Å². The van der Waals surface area contributed by atoms with Crippen LogP contribution < -0.4 is 0 Å². The Bertz CT molecular complexity index is 787. The minimum atomic E-state index is 0.751. The predicted molar refractivity (Wildman–Crippen MR) is 107 cm³/mol. The molecule has 0 fully saturated rings. The van der Waals surface area contributed by atoms with Crippen LogP contribution in [0.25, 0.3) is 22.6 Å². The van der Waals surface area contributed by atoms with E-state index in [2.05, 4.69) is 63.2 Å². The Morgan fingerprint density at radius 1 is 0.880 bits per heavy atom. The highest BCUT2D eigenvalue weighted by Gasteiger charge is 2.16. The average Bonchev–Trinajstić information content (AvgIpc) is 3.07. The zero-order valence-electron chi connectivity index (χ0n) is 16.1. The van der Waals surface area contributed by atoms with Crippen LogP contribution in [0.2, 0.25) is 0 Å². The summed E-state index contributed by atoms with van der Waals surface area (Å²) in [7, 11) is 0. The van der Waals surface area contributed by atoms with Crippen LogP contribution in [-0.2, 0) is 12.8 Å². The van der Waals surface area contributed by atoms with E-state index in [1.165, 1.54) is 16.7 Å². The van der Waals surface area contributed by atoms with Crippen LogP contribution >= 0.6 is 0 Å². The van der Waals surface area contributed by atoms with E-state index in [0.717, 1.165) is 42.2 Å². The van der Waals surface area contributed by atoms with E-state index >= 15 is 0 Å². The number of nitrogens with zero attached hydrogens (tertiary/aromatic N) is 1. The van der Waals surface area contributed by atoms with Crippen LogP contribution in [0.3, 0.4) is 0 Å². The summed E-state index contributed by atoms with van der Waals surface area (Å²) in [6.07, 6.45) is 2.94. The molecule has 25 heavy (non-hydrogen) atoms. The second-order valence-corrected chi connectivity index (χ2v) is 5.84. The first-order valence-corrected chi connectivity index (χ1v) is 9.38. The molecule has 132 valence electrons. The van der Waals surface area contributed by atoms with Crippen molar-refractivity contribution in [2.45, 2.75) is 53.9 Å². The van der Waals surface area contributed by atoms with E-state index in [9.17, 15) is 0 Å². The fourth-order valence-electron chi connectivity index (χ4n) is 2.99. The number of hydrogen-bond donors (Lipinski definition) is 0. The lowest BCUT2D eigenvalue weighted by molar-refractivity contribution is 0.511. The van der Waals surface area contributed by atoms with Crippen molar-refractivity contribution < 1.29 is 4.42 Å². The maximum absolute atomic E-state index is 6.09. The lowest BCUT2D eigenvalue weighted by Crippen LogP contribution is -1.89. The van der Waals surface area contributed by atoms with Crippen LogP contribution in [-0.4, -0.2) is 4.98 Å². The van der Waals surface area contributed by atoms with Crippen LogP contribution in [0.5, 0.6) is 0 Å². The molecule has 2 aromatic carbocycles. The van der Waals surface area contributed by atoms with E-state index in [1.807, 2.05) is 19.9 Å². The number of aryl methyl sites for hydroxylation is 2. The van der Waals surface area contributed by atoms with Gasteiger partial charge in [0.25, 0.3) is 0 Å². The van der Waals surface area contributed by atoms with Gasteiger partial charge in [0.05, 0.1) is 5.69 Å². The zero-order valence-corrected chi connectivity index (χ0v) is 16.1. The van der Waals surface area contributed by atoms with Gasteiger partial charge in [-0.2, -0.15) is 0 Å². The fraction of sp³-hybridized carbons (Fsp3) is 0.348. The first-order valence-electron chi connectivity index (χ1n) is 9.38. The van der Waals surface area contributed by atoms with Gasteiger partial charge in [0.15, 0.2) is 0 Å². The highest BCUT2D eigenvalue weighted by Crippen LogP contribution is 2.32. The highest BCUT2D eigenvalue weighted by molar-refractivity contribution is 5.75. The van der Waals surface area contributed by atoms with Gasteiger partial charge in [-0.05, 0) is 42.5 Å². The highest BCUT2D eigenvalue weighted by atomic mass is 16.4. The summed E-state index contributed by atoms with van der Waals surface area (Å²) in [5, 5.41) is 0. The topological polar surface area (TPSA) is 26.0 Å². The summed E-state index contributed by atoms with van der Waals surface area (Å²) in [4.78, 5) is 4.75. The molecule has 0 radical (unpaired) electrons. The SMILES string of the molecule is CC.CCCc1oc(-c2cccc(-c3ccccc3)c2C)nc1CC. The molecule has 0 aliphatic carbocycles. The van der Waals surface area contributed by atoms with E-state index in [4.69, 9.17) is 9.40 Å². The van der Waals surface area contributed by atoms with E-state index in [-0.39, 0.29) is 0 Å². The van der Waals surface area contributed by atoms with Crippen LogP contribution in [0, 0.1) is 6.92 Å². The molecule has 0 unspecified atom stereocenters. The standard InChI is InChI=1S/C21H23NO.C2H6/c1-4-10-20-19(5-2)22-21(23-20)18-14-9-13-17(15(18)3)16-11-7-6-8-12-16;1-2/h6-9,11-14H,4-5,10H2,1-3H3;1-2H3. The third-order valence-electron chi connectivity index (χ3n) is 4.24. The Hall–Kier alpha value is -2.35. The van der Waals surface area contributed by atoms with Gasteiger partial charge in [-0.1, -0.05) is 70.2 Å². The third kappa shape index (κ3) is 4.19. The summed E-state index contributed by atoms with van der Waals surface area (Å²) in [5.41, 5.74) is 5.85. The molecule has 0 spiro atoms. The second-order valence-electron chi connectivity index (χ2n) is 5.84.